The van der Waals surface area contributed by atoms with Crippen LogP contribution in [0.3, 0.4) is 0 Å². The molecule has 0 fully saturated rings. The van der Waals surface area contributed by atoms with Gasteiger partial charge in [-0.1, -0.05) is 23.2 Å². The molecular weight excluding hydrogens is 460 g/mol. The fraction of sp³-hybridized carbons (Fsp3) is 0.200. The number of aromatic hydroxyl groups is 1. The minimum Gasteiger partial charge on any atom is -0.492 e. The molecule has 0 aliphatic heterocycles. The van der Waals surface area contributed by atoms with E-state index in [1.165, 1.54) is 0 Å². The van der Waals surface area contributed by atoms with Crippen molar-refractivity contribution in [2.24, 2.45) is 0 Å². The monoisotopic (exact) mass is 470 g/mol. The second-order valence-electron chi connectivity index (χ2n) is 4.05. The SMILES string of the molecule is Cc1nc(Cl)c(N)c(Cl)n1.Cc1nc(O)c(N)c(=O)[nH]1.O=P(Cl)(Cl)Cl. The number of hydrogen-bond donors (Lipinski definition) is 4. The molecule has 0 saturated heterocycles. The number of anilines is 2. The third kappa shape index (κ3) is 10.6. The van der Waals surface area contributed by atoms with Crippen LogP contribution in [0.5, 0.6) is 5.88 Å². The van der Waals surface area contributed by atoms with E-state index in [1.807, 2.05) is 0 Å². The second kappa shape index (κ2) is 10.3. The average molecular weight is 472 g/mol. The maximum Gasteiger partial charge on any atom is 0.339 e. The van der Waals surface area contributed by atoms with Crippen LogP contribution in [0.25, 0.3) is 0 Å². The zero-order valence-electron chi connectivity index (χ0n) is 12.6. The van der Waals surface area contributed by atoms with Gasteiger partial charge in [0.25, 0.3) is 5.56 Å². The summed E-state index contributed by atoms with van der Waals surface area (Å²) in [6.45, 7) is 3.25. The predicted octanol–water partition coefficient (Wildman–Crippen LogP) is 3.85. The molecule has 140 valence electrons. The topological polar surface area (TPSA) is 161 Å². The number of rotatable bonds is 0. The predicted molar refractivity (Wildman–Crippen MR) is 102 cm³/mol. The largest absolute Gasteiger partial charge is 0.492 e. The number of nitrogens with two attached hydrogens (primary N) is 2. The lowest BCUT2D eigenvalue weighted by Gasteiger charge is -1.98. The molecular formula is C10H12Cl5N6O3P. The van der Waals surface area contributed by atoms with Crippen LogP contribution in [0.2, 0.25) is 10.3 Å². The van der Waals surface area contributed by atoms with Gasteiger partial charge in [-0.05, 0) is 47.6 Å². The Kier molecular flexibility index (Phi) is 9.86. The Morgan fingerprint density at radius 3 is 1.76 bits per heavy atom. The van der Waals surface area contributed by atoms with Gasteiger partial charge < -0.3 is 21.6 Å². The lowest BCUT2D eigenvalue weighted by molar-refractivity contribution is 0.452. The molecule has 0 unspecified atom stereocenters. The summed E-state index contributed by atoms with van der Waals surface area (Å²) in [5.41, 5.74) is 9.93. The first-order valence-corrected chi connectivity index (χ1v) is 11.1. The molecule has 0 spiro atoms. The molecule has 0 amide bonds. The van der Waals surface area contributed by atoms with Crippen LogP contribution in [0.15, 0.2) is 4.79 Å². The van der Waals surface area contributed by atoms with E-state index >= 15 is 0 Å². The van der Waals surface area contributed by atoms with Crippen LogP contribution < -0.4 is 17.0 Å². The number of aromatic nitrogens is 4. The van der Waals surface area contributed by atoms with Crippen LogP contribution in [-0.4, -0.2) is 25.0 Å². The van der Waals surface area contributed by atoms with E-state index in [-0.39, 0.29) is 21.7 Å². The summed E-state index contributed by atoms with van der Waals surface area (Å²) in [6, 6.07) is 0. The highest BCUT2D eigenvalue weighted by Crippen LogP contribution is 2.61. The van der Waals surface area contributed by atoms with Crippen molar-refractivity contribution in [3.05, 3.63) is 32.3 Å². The Balaban J connectivity index is 0.000000368. The van der Waals surface area contributed by atoms with Crippen LogP contribution in [0.4, 0.5) is 11.4 Å². The molecule has 25 heavy (non-hydrogen) atoms. The van der Waals surface area contributed by atoms with Crippen molar-refractivity contribution in [2.75, 3.05) is 11.5 Å². The van der Waals surface area contributed by atoms with Crippen molar-refractivity contribution in [3.63, 3.8) is 0 Å². The smallest absolute Gasteiger partial charge is 0.339 e. The molecule has 15 heteroatoms. The molecule has 2 rings (SSSR count). The van der Waals surface area contributed by atoms with Crippen LogP contribution in [-0.2, 0) is 4.57 Å². The van der Waals surface area contributed by atoms with Crippen molar-refractivity contribution in [1.29, 1.82) is 0 Å². The molecule has 2 aromatic rings. The van der Waals surface area contributed by atoms with Crippen LogP contribution >= 0.6 is 62.1 Å². The first kappa shape index (κ1) is 24.0. The number of halogens is 5. The quantitative estimate of drug-likeness (QED) is 0.332. The van der Waals surface area contributed by atoms with Crippen molar-refractivity contribution in [1.82, 2.24) is 19.9 Å². The zero-order chi connectivity index (χ0) is 19.9. The summed E-state index contributed by atoms with van der Waals surface area (Å²) >= 11 is 25.0. The van der Waals surface area contributed by atoms with Gasteiger partial charge in [0.15, 0.2) is 16.0 Å². The lowest BCUT2D eigenvalue weighted by Crippen LogP contribution is -2.13. The molecule has 0 radical (unpaired) electrons. The maximum absolute atomic E-state index is 10.7. The summed E-state index contributed by atoms with van der Waals surface area (Å²) in [7, 11) is 0. The van der Waals surface area contributed by atoms with Gasteiger partial charge in [-0.15, -0.1) is 0 Å². The number of nitrogen functional groups attached to an aromatic ring is 2. The van der Waals surface area contributed by atoms with E-state index in [9.17, 15) is 9.36 Å². The minimum absolute atomic E-state index is 0.206. The summed E-state index contributed by atoms with van der Waals surface area (Å²) in [4.78, 5) is 24.1. The van der Waals surface area contributed by atoms with Gasteiger partial charge in [0, 0.05) is 0 Å². The van der Waals surface area contributed by atoms with E-state index < -0.39 is 16.6 Å². The van der Waals surface area contributed by atoms with Gasteiger partial charge >= 0.3 is 5.20 Å². The van der Waals surface area contributed by atoms with E-state index in [0.717, 1.165) is 0 Å². The average Bonchev–Trinajstić information content (AvgIpc) is 2.40. The highest BCUT2D eigenvalue weighted by Gasteiger charge is 2.04. The van der Waals surface area contributed by atoms with E-state index in [0.29, 0.717) is 11.6 Å². The third-order valence-electron chi connectivity index (χ3n) is 2.02. The first-order valence-electron chi connectivity index (χ1n) is 5.91. The molecule has 0 atom stereocenters. The summed E-state index contributed by atoms with van der Waals surface area (Å²) in [5, 5.41) is 6.01. The molecule has 0 aliphatic carbocycles. The number of aryl methyl sites for hydroxylation is 2. The fourth-order valence-corrected chi connectivity index (χ4v) is 1.57. The Bertz CT molecular complexity index is 811. The fourth-order valence-electron chi connectivity index (χ4n) is 1.09. The second-order valence-corrected chi connectivity index (χ2v) is 11.4. The summed E-state index contributed by atoms with van der Waals surface area (Å²) in [5.74, 6) is 0.446. The number of aromatic amines is 1. The number of nitrogens with one attached hydrogen (secondary N) is 1. The number of hydrogen-bond acceptors (Lipinski definition) is 8. The molecule has 2 aromatic heterocycles. The Morgan fingerprint density at radius 2 is 1.40 bits per heavy atom. The summed E-state index contributed by atoms with van der Waals surface area (Å²) in [6.07, 6.45) is 0. The van der Waals surface area contributed by atoms with E-state index in [1.54, 1.807) is 13.8 Å². The maximum atomic E-state index is 10.7. The molecule has 9 nitrogen and oxygen atoms in total. The standard InChI is InChI=1S/C5H5Cl2N3.C5H7N3O2.Cl3OP/c1-2-9-4(6)3(8)5(7)10-2;1-2-7-4(9)3(6)5(10)8-2;1-5(2,3)4/h8H2,1H3;6H2,1H3,(H2,7,8,9,10);. The molecule has 6 N–H and O–H groups in total. The summed E-state index contributed by atoms with van der Waals surface area (Å²) < 4.78 is 9.51. The minimum atomic E-state index is -3.22. The Morgan fingerprint density at radius 1 is 1.00 bits per heavy atom. The molecule has 0 aliphatic rings. The first-order chi connectivity index (χ1) is 11.2. The van der Waals surface area contributed by atoms with Gasteiger partial charge in [-0.25, -0.2) is 9.97 Å². The Hall–Kier alpha value is -0.960. The van der Waals surface area contributed by atoms with Crippen molar-refractivity contribution in [3.8, 4) is 5.88 Å². The number of H-pyrrole nitrogens is 1. The zero-order valence-corrected chi connectivity index (χ0v) is 17.3. The van der Waals surface area contributed by atoms with Gasteiger partial charge in [0.1, 0.15) is 17.3 Å². The van der Waals surface area contributed by atoms with Crippen molar-refractivity contribution in [2.45, 2.75) is 13.8 Å². The van der Waals surface area contributed by atoms with Crippen LogP contribution in [0, 0.1) is 13.8 Å². The molecule has 0 aromatic carbocycles. The van der Waals surface area contributed by atoms with Gasteiger partial charge in [-0.2, -0.15) is 4.98 Å². The highest BCUT2D eigenvalue weighted by atomic mass is 36.0. The molecule has 0 bridgehead atoms. The Labute approximate surface area is 166 Å². The third-order valence-corrected chi connectivity index (χ3v) is 2.59. The van der Waals surface area contributed by atoms with Gasteiger partial charge in [-0.3, -0.25) is 9.36 Å². The van der Waals surface area contributed by atoms with E-state index in [2.05, 4.69) is 53.7 Å². The normalized spacial score (nSPS) is 10.2. The lowest BCUT2D eigenvalue weighted by atomic mass is 10.5. The highest BCUT2D eigenvalue weighted by molar-refractivity contribution is 8.24. The number of nitrogens with zero attached hydrogens (tertiary/aromatic N) is 3. The molecule has 0 saturated carbocycles. The molecule has 2 heterocycles. The van der Waals surface area contributed by atoms with Gasteiger partial charge in [0.2, 0.25) is 5.88 Å². The van der Waals surface area contributed by atoms with Crippen molar-refractivity contribution >= 4 is 73.5 Å². The van der Waals surface area contributed by atoms with E-state index in [4.69, 9.17) is 39.8 Å². The van der Waals surface area contributed by atoms with Crippen molar-refractivity contribution < 1.29 is 9.67 Å². The van der Waals surface area contributed by atoms with Gasteiger partial charge in [0.05, 0.1) is 0 Å². The van der Waals surface area contributed by atoms with Crippen LogP contribution in [0.1, 0.15) is 11.6 Å².